The number of halogens is 4. The molecule has 0 bridgehead atoms. The van der Waals surface area contributed by atoms with Crippen molar-refractivity contribution in [3.8, 4) is 0 Å². The van der Waals surface area contributed by atoms with Gasteiger partial charge < -0.3 is 14.8 Å². The average Bonchev–Trinajstić information content (AvgIpc) is 3.28. The van der Waals surface area contributed by atoms with Gasteiger partial charge in [-0.3, -0.25) is 0 Å². The van der Waals surface area contributed by atoms with Gasteiger partial charge in [0.25, 0.3) is 0 Å². The summed E-state index contributed by atoms with van der Waals surface area (Å²) in [5, 5.41) is 12.4. The summed E-state index contributed by atoms with van der Waals surface area (Å²) in [5.41, 5.74) is 0.419. The van der Waals surface area contributed by atoms with Gasteiger partial charge in [0, 0.05) is 11.6 Å². The Kier molecular flexibility index (Phi) is 5.99. The molecular weight excluding hydrogens is 479 g/mol. The van der Waals surface area contributed by atoms with Gasteiger partial charge in [0.15, 0.2) is 5.82 Å². The molecule has 1 aliphatic carbocycles. The third kappa shape index (κ3) is 4.74. The van der Waals surface area contributed by atoms with Crippen molar-refractivity contribution in [3.05, 3.63) is 81.9 Å². The highest BCUT2D eigenvalue weighted by atomic mass is 35.5. The Morgan fingerprint density at radius 2 is 1.80 bits per heavy atom. The third-order valence-corrected chi connectivity index (χ3v) is 7.14. The molecule has 2 aromatic carbocycles. The van der Waals surface area contributed by atoms with Gasteiger partial charge in [-0.25, -0.2) is 4.79 Å². The SMILES string of the molecule is Cc1nnc([C@H]2CCCN2C(=O)NC2(c3ccc(C(F)(F)F)cc3)CC2)n1Cc1ccc(Cl)cc1. The summed E-state index contributed by atoms with van der Waals surface area (Å²) < 4.78 is 40.9. The van der Waals surface area contributed by atoms with Gasteiger partial charge in [-0.05, 0) is 68.0 Å². The number of urea groups is 1. The number of carbonyl (C=O) groups is 1. The summed E-state index contributed by atoms with van der Waals surface area (Å²) in [7, 11) is 0. The van der Waals surface area contributed by atoms with E-state index < -0.39 is 17.3 Å². The van der Waals surface area contributed by atoms with Crippen molar-refractivity contribution in [2.75, 3.05) is 6.54 Å². The first-order chi connectivity index (χ1) is 16.7. The largest absolute Gasteiger partial charge is 0.416 e. The van der Waals surface area contributed by atoms with E-state index in [0.717, 1.165) is 42.2 Å². The average molecular weight is 504 g/mol. The Bertz CT molecular complexity index is 1220. The number of likely N-dealkylation sites (tertiary alicyclic amines) is 1. The van der Waals surface area contributed by atoms with E-state index in [0.29, 0.717) is 36.5 Å². The number of carbonyl (C=O) groups excluding carboxylic acids is 1. The first-order valence-corrected chi connectivity index (χ1v) is 11.9. The van der Waals surface area contributed by atoms with Crippen molar-refractivity contribution in [1.82, 2.24) is 25.0 Å². The molecule has 2 amide bonds. The van der Waals surface area contributed by atoms with Gasteiger partial charge in [-0.1, -0.05) is 35.9 Å². The van der Waals surface area contributed by atoms with E-state index in [2.05, 4.69) is 15.5 Å². The van der Waals surface area contributed by atoms with Gasteiger partial charge in [0.1, 0.15) is 5.82 Å². The fourth-order valence-electron chi connectivity index (χ4n) is 4.76. The second-order valence-electron chi connectivity index (χ2n) is 9.26. The minimum Gasteiger partial charge on any atom is -0.328 e. The van der Waals surface area contributed by atoms with Gasteiger partial charge in [-0.15, -0.1) is 10.2 Å². The fraction of sp³-hybridized carbons (Fsp3) is 0.400. The maximum absolute atomic E-state index is 13.4. The first-order valence-electron chi connectivity index (χ1n) is 11.6. The highest BCUT2D eigenvalue weighted by Crippen LogP contribution is 2.46. The van der Waals surface area contributed by atoms with Crippen LogP contribution in [0.4, 0.5) is 18.0 Å². The number of rotatable bonds is 5. The van der Waals surface area contributed by atoms with E-state index in [1.54, 1.807) is 4.90 Å². The van der Waals surface area contributed by atoms with E-state index in [-0.39, 0.29) is 12.1 Å². The zero-order valence-corrected chi connectivity index (χ0v) is 19.9. The number of aromatic nitrogens is 3. The molecular formula is C25H25ClF3N5O. The molecule has 0 spiro atoms. The smallest absolute Gasteiger partial charge is 0.328 e. The van der Waals surface area contributed by atoms with Crippen molar-refractivity contribution in [1.29, 1.82) is 0 Å². The van der Waals surface area contributed by atoms with E-state index in [9.17, 15) is 18.0 Å². The molecule has 1 aliphatic heterocycles. The normalized spacial score (nSPS) is 19.1. The third-order valence-electron chi connectivity index (χ3n) is 6.89. The summed E-state index contributed by atoms with van der Waals surface area (Å²) in [6.45, 7) is 3.02. The molecule has 0 unspecified atom stereocenters. The maximum atomic E-state index is 13.4. The van der Waals surface area contributed by atoms with Crippen molar-refractivity contribution in [3.63, 3.8) is 0 Å². The predicted octanol–water partition coefficient (Wildman–Crippen LogP) is 5.84. The lowest BCUT2D eigenvalue weighted by molar-refractivity contribution is -0.137. The molecule has 1 saturated carbocycles. The molecule has 184 valence electrons. The van der Waals surface area contributed by atoms with E-state index in [1.165, 1.54) is 12.1 Å². The zero-order valence-electron chi connectivity index (χ0n) is 19.1. The van der Waals surface area contributed by atoms with Crippen LogP contribution in [0.5, 0.6) is 0 Å². The number of alkyl halides is 3. The molecule has 5 rings (SSSR count). The number of aryl methyl sites for hydroxylation is 1. The summed E-state index contributed by atoms with van der Waals surface area (Å²) >= 11 is 6.01. The summed E-state index contributed by atoms with van der Waals surface area (Å²) in [6.07, 6.45) is -1.41. The van der Waals surface area contributed by atoms with Crippen molar-refractivity contribution < 1.29 is 18.0 Å². The molecule has 1 atom stereocenters. The van der Waals surface area contributed by atoms with Crippen LogP contribution in [0.2, 0.25) is 5.02 Å². The van der Waals surface area contributed by atoms with Crippen LogP contribution < -0.4 is 5.32 Å². The van der Waals surface area contributed by atoms with Gasteiger partial charge in [0.2, 0.25) is 0 Å². The number of benzene rings is 2. The van der Waals surface area contributed by atoms with E-state index in [1.807, 2.05) is 35.8 Å². The molecule has 0 radical (unpaired) electrons. The lowest BCUT2D eigenvalue weighted by Gasteiger charge is -2.28. The monoisotopic (exact) mass is 503 g/mol. The minimum atomic E-state index is -4.39. The van der Waals surface area contributed by atoms with Crippen molar-refractivity contribution >= 4 is 17.6 Å². The molecule has 10 heteroatoms. The van der Waals surface area contributed by atoms with Crippen LogP contribution >= 0.6 is 11.6 Å². The van der Waals surface area contributed by atoms with Crippen molar-refractivity contribution in [2.45, 2.75) is 56.9 Å². The molecule has 1 saturated heterocycles. The lowest BCUT2D eigenvalue weighted by atomic mass is 10.0. The summed E-state index contributed by atoms with van der Waals surface area (Å²) in [6, 6.07) is 12.2. The second-order valence-corrected chi connectivity index (χ2v) is 9.69. The van der Waals surface area contributed by atoms with Crippen LogP contribution in [0, 0.1) is 6.92 Å². The summed E-state index contributed by atoms with van der Waals surface area (Å²) in [4.78, 5) is 15.1. The fourth-order valence-corrected chi connectivity index (χ4v) is 4.88. The number of nitrogens with one attached hydrogen (secondary N) is 1. The zero-order chi connectivity index (χ0) is 24.8. The molecule has 6 nitrogen and oxygen atoms in total. The van der Waals surface area contributed by atoms with Gasteiger partial charge >= 0.3 is 12.2 Å². The van der Waals surface area contributed by atoms with Crippen LogP contribution in [0.25, 0.3) is 0 Å². The highest BCUT2D eigenvalue weighted by Gasteiger charge is 2.48. The molecule has 2 heterocycles. The van der Waals surface area contributed by atoms with Crippen LogP contribution in [-0.4, -0.2) is 32.2 Å². The molecule has 2 aliphatic rings. The van der Waals surface area contributed by atoms with Crippen LogP contribution in [-0.2, 0) is 18.3 Å². The standard InChI is InChI=1S/C25H25ClF3N5O/c1-16-31-32-22(34(16)15-17-4-10-20(26)11-5-17)21-3-2-14-33(21)23(35)30-24(12-13-24)18-6-8-19(9-7-18)25(27,28)29/h4-11,21H,2-3,12-15H2,1H3,(H,30,35)/t21-/m1/s1. The van der Waals surface area contributed by atoms with Crippen LogP contribution in [0.3, 0.4) is 0 Å². The predicted molar refractivity (Wildman–Crippen MR) is 125 cm³/mol. The first kappa shape index (κ1) is 23.7. The van der Waals surface area contributed by atoms with E-state index in [4.69, 9.17) is 11.6 Å². The molecule has 35 heavy (non-hydrogen) atoms. The second kappa shape index (κ2) is 8.86. The number of nitrogens with zero attached hydrogens (tertiary/aromatic N) is 4. The maximum Gasteiger partial charge on any atom is 0.416 e. The van der Waals surface area contributed by atoms with Crippen LogP contribution in [0.15, 0.2) is 48.5 Å². The molecule has 1 N–H and O–H groups in total. The van der Waals surface area contributed by atoms with Gasteiger partial charge in [-0.2, -0.15) is 13.2 Å². The van der Waals surface area contributed by atoms with E-state index >= 15 is 0 Å². The molecule has 1 aromatic heterocycles. The summed E-state index contributed by atoms with van der Waals surface area (Å²) in [5.74, 6) is 1.48. The lowest BCUT2D eigenvalue weighted by Crippen LogP contribution is -2.45. The highest BCUT2D eigenvalue weighted by molar-refractivity contribution is 6.30. The van der Waals surface area contributed by atoms with Crippen molar-refractivity contribution in [2.24, 2.45) is 0 Å². The quantitative estimate of drug-likeness (QED) is 0.475. The Hall–Kier alpha value is -3.07. The van der Waals surface area contributed by atoms with Gasteiger partial charge in [0.05, 0.1) is 23.7 Å². The Balaban J connectivity index is 1.33. The number of hydrogen-bond acceptors (Lipinski definition) is 3. The topological polar surface area (TPSA) is 63.1 Å². The number of hydrogen-bond donors (Lipinski definition) is 1. The minimum absolute atomic E-state index is 0.230. The molecule has 2 fully saturated rings. The molecule has 3 aromatic rings. The Labute approximate surface area is 206 Å². The number of amides is 2. The van der Waals surface area contributed by atoms with Crippen LogP contribution in [0.1, 0.15) is 60.1 Å². The Morgan fingerprint density at radius 1 is 1.11 bits per heavy atom. The Morgan fingerprint density at radius 3 is 2.43 bits per heavy atom.